The van der Waals surface area contributed by atoms with Crippen molar-refractivity contribution in [1.82, 2.24) is 0 Å². The number of nitrogens with zero attached hydrogens (tertiary/aromatic N) is 1. The molecule has 1 aliphatic rings. The van der Waals surface area contributed by atoms with Crippen molar-refractivity contribution in [1.29, 1.82) is 0 Å². The number of esters is 1. The summed E-state index contributed by atoms with van der Waals surface area (Å²) in [5.41, 5.74) is 1.01. The van der Waals surface area contributed by atoms with Crippen molar-refractivity contribution < 1.29 is 13.9 Å². The van der Waals surface area contributed by atoms with Crippen LogP contribution in [0.5, 0.6) is 0 Å². The molecule has 0 fully saturated rings. The Bertz CT molecular complexity index is 473. The van der Waals surface area contributed by atoms with Crippen LogP contribution in [-0.2, 0) is 9.53 Å². The number of carbonyl (C=O) groups excluding carboxylic acids is 1. The van der Waals surface area contributed by atoms with Crippen LogP contribution in [0.1, 0.15) is 31.4 Å². The number of benzene rings is 1. The molecule has 1 aromatic carbocycles. The van der Waals surface area contributed by atoms with Crippen LogP contribution >= 0.6 is 11.8 Å². The smallest absolute Gasteiger partial charge is 0.306 e. The van der Waals surface area contributed by atoms with E-state index in [0.29, 0.717) is 19.4 Å². The van der Waals surface area contributed by atoms with Crippen LogP contribution in [0, 0.1) is 5.82 Å². The van der Waals surface area contributed by atoms with E-state index in [1.54, 1.807) is 30.8 Å². The molecule has 5 heteroatoms. The first-order valence-corrected chi connectivity index (χ1v) is 7.28. The molecular weight excluding hydrogens is 265 g/mol. The zero-order chi connectivity index (χ0) is 13.7. The molecule has 2 rings (SSSR count). The van der Waals surface area contributed by atoms with Gasteiger partial charge in [0, 0.05) is 12.2 Å². The second-order valence-electron chi connectivity index (χ2n) is 4.21. The summed E-state index contributed by atoms with van der Waals surface area (Å²) in [6, 6.07) is 6.50. The highest BCUT2D eigenvalue weighted by Crippen LogP contribution is 2.32. The van der Waals surface area contributed by atoms with E-state index in [4.69, 9.17) is 4.74 Å². The standard InChI is InChI=1S/C14H16FNO2S/c1-2-18-14(17)8-7-13-16-12(9-19-13)10-3-5-11(15)6-4-10/h3-6,12H,2,7-9H2,1H3. The highest BCUT2D eigenvalue weighted by atomic mass is 32.2. The van der Waals surface area contributed by atoms with Crippen molar-refractivity contribution in [2.45, 2.75) is 25.8 Å². The van der Waals surface area contributed by atoms with E-state index < -0.39 is 0 Å². The fourth-order valence-electron chi connectivity index (χ4n) is 1.86. The molecule has 0 amide bonds. The summed E-state index contributed by atoms with van der Waals surface area (Å²) in [5.74, 6) is 0.431. The van der Waals surface area contributed by atoms with E-state index in [9.17, 15) is 9.18 Å². The maximum atomic E-state index is 12.8. The average Bonchev–Trinajstić information content (AvgIpc) is 2.86. The van der Waals surface area contributed by atoms with Gasteiger partial charge in [0.1, 0.15) is 5.82 Å². The Hall–Kier alpha value is -1.36. The summed E-state index contributed by atoms with van der Waals surface area (Å²) in [7, 11) is 0. The molecule has 0 N–H and O–H groups in total. The Morgan fingerprint density at radius 3 is 2.89 bits per heavy atom. The van der Waals surface area contributed by atoms with Crippen molar-refractivity contribution in [2.75, 3.05) is 12.4 Å². The molecule has 0 spiro atoms. The third kappa shape index (κ3) is 4.06. The normalized spacial score (nSPS) is 18.2. The van der Waals surface area contributed by atoms with Gasteiger partial charge in [-0.05, 0) is 24.6 Å². The van der Waals surface area contributed by atoms with Crippen molar-refractivity contribution in [3.8, 4) is 0 Å². The summed E-state index contributed by atoms with van der Waals surface area (Å²) in [5, 5.41) is 0.974. The largest absolute Gasteiger partial charge is 0.466 e. The molecular formula is C14H16FNO2S. The molecule has 0 bridgehead atoms. The van der Waals surface area contributed by atoms with Gasteiger partial charge in [0.15, 0.2) is 0 Å². The predicted molar refractivity (Wildman–Crippen MR) is 74.9 cm³/mol. The van der Waals surface area contributed by atoms with Gasteiger partial charge in [0.25, 0.3) is 0 Å². The van der Waals surface area contributed by atoms with Crippen LogP contribution < -0.4 is 0 Å². The molecule has 1 aliphatic heterocycles. The Balaban J connectivity index is 1.90. The summed E-state index contributed by atoms with van der Waals surface area (Å²) in [6.07, 6.45) is 0.997. The first-order chi connectivity index (χ1) is 9.19. The van der Waals surface area contributed by atoms with Crippen molar-refractivity contribution in [3.63, 3.8) is 0 Å². The highest BCUT2D eigenvalue weighted by molar-refractivity contribution is 8.14. The summed E-state index contributed by atoms with van der Waals surface area (Å²) in [4.78, 5) is 15.8. The minimum Gasteiger partial charge on any atom is -0.466 e. The van der Waals surface area contributed by atoms with Crippen LogP contribution in [0.2, 0.25) is 0 Å². The predicted octanol–water partition coefficient (Wildman–Crippen LogP) is 3.36. The van der Waals surface area contributed by atoms with Crippen molar-refractivity contribution in [2.24, 2.45) is 4.99 Å². The van der Waals surface area contributed by atoms with Crippen LogP contribution in [0.15, 0.2) is 29.3 Å². The molecule has 3 nitrogen and oxygen atoms in total. The Labute approximate surface area is 116 Å². The van der Waals surface area contributed by atoms with Crippen LogP contribution in [0.25, 0.3) is 0 Å². The lowest BCUT2D eigenvalue weighted by Gasteiger charge is -2.05. The average molecular weight is 281 g/mol. The lowest BCUT2D eigenvalue weighted by molar-refractivity contribution is -0.142. The van der Waals surface area contributed by atoms with E-state index in [1.165, 1.54) is 12.1 Å². The van der Waals surface area contributed by atoms with Gasteiger partial charge in [-0.25, -0.2) is 4.39 Å². The van der Waals surface area contributed by atoms with Crippen LogP contribution in [0.4, 0.5) is 4.39 Å². The van der Waals surface area contributed by atoms with Crippen LogP contribution in [-0.4, -0.2) is 23.4 Å². The third-order valence-electron chi connectivity index (χ3n) is 2.81. The van der Waals surface area contributed by atoms with Gasteiger partial charge in [0.2, 0.25) is 0 Å². The summed E-state index contributed by atoms with van der Waals surface area (Å²) in [6.45, 7) is 2.21. The summed E-state index contributed by atoms with van der Waals surface area (Å²) >= 11 is 1.66. The van der Waals surface area contributed by atoms with Gasteiger partial charge >= 0.3 is 5.97 Å². The number of ether oxygens (including phenoxy) is 1. The maximum Gasteiger partial charge on any atom is 0.306 e. The Kier molecular flexibility index (Phi) is 4.96. The van der Waals surface area contributed by atoms with Gasteiger partial charge in [-0.15, -0.1) is 11.8 Å². The molecule has 1 aromatic rings. The SMILES string of the molecule is CCOC(=O)CCC1=NC(c2ccc(F)cc2)CS1. The van der Waals surface area contributed by atoms with E-state index in [0.717, 1.165) is 16.4 Å². The van der Waals surface area contributed by atoms with E-state index in [-0.39, 0.29) is 17.8 Å². The molecule has 0 saturated carbocycles. The zero-order valence-corrected chi connectivity index (χ0v) is 11.6. The minimum atomic E-state index is -0.235. The fraction of sp³-hybridized carbons (Fsp3) is 0.429. The fourth-order valence-corrected chi connectivity index (χ4v) is 2.92. The maximum absolute atomic E-state index is 12.8. The summed E-state index contributed by atoms with van der Waals surface area (Å²) < 4.78 is 17.7. The van der Waals surface area contributed by atoms with E-state index >= 15 is 0 Å². The van der Waals surface area contributed by atoms with Gasteiger partial charge in [-0.1, -0.05) is 12.1 Å². The quantitative estimate of drug-likeness (QED) is 0.777. The molecule has 0 saturated heterocycles. The molecule has 102 valence electrons. The number of hydrogen-bond acceptors (Lipinski definition) is 4. The van der Waals surface area contributed by atoms with Crippen molar-refractivity contribution in [3.05, 3.63) is 35.6 Å². The molecule has 1 unspecified atom stereocenters. The zero-order valence-electron chi connectivity index (χ0n) is 10.8. The Morgan fingerprint density at radius 1 is 1.47 bits per heavy atom. The van der Waals surface area contributed by atoms with Crippen molar-refractivity contribution >= 4 is 22.8 Å². The molecule has 1 heterocycles. The molecule has 0 aromatic heterocycles. The Morgan fingerprint density at radius 2 is 2.21 bits per heavy atom. The van der Waals surface area contributed by atoms with Gasteiger partial charge < -0.3 is 4.74 Å². The van der Waals surface area contributed by atoms with E-state index in [1.807, 2.05) is 0 Å². The number of rotatable bonds is 5. The second-order valence-corrected chi connectivity index (χ2v) is 5.30. The number of halogens is 1. The monoisotopic (exact) mass is 281 g/mol. The second kappa shape index (κ2) is 6.70. The van der Waals surface area contributed by atoms with Gasteiger partial charge in [0.05, 0.1) is 24.1 Å². The number of carbonyl (C=O) groups is 1. The molecule has 0 aliphatic carbocycles. The third-order valence-corrected chi connectivity index (χ3v) is 3.94. The topological polar surface area (TPSA) is 38.7 Å². The first-order valence-electron chi connectivity index (χ1n) is 6.29. The highest BCUT2D eigenvalue weighted by Gasteiger charge is 2.20. The molecule has 0 radical (unpaired) electrons. The lowest BCUT2D eigenvalue weighted by atomic mass is 10.1. The van der Waals surface area contributed by atoms with E-state index in [2.05, 4.69) is 4.99 Å². The minimum absolute atomic E-state index is 0.0720. The first kappa shape index (κ1) is 14.1. The molecule has 1 atom stereocenters. The number of aliphatic imine (C=N–C) groups is 1. The number of hydrogen-bond donors (Lipinski definition) is 0. The van der Waals surface area contributed by atoms with Gasteiger partial charge in [-0.3, -0.25) is 9.79 Å². The van der Waals surface area contributed by atoms with Crippen LogP contribution in [0.3, 0.4) is 0 Å². The lowest BCUT2D eigenvalue weighted by Crippen LogP contribution is -2.05. The van der Waals surface area contributed by atoms with Gasteiger partial charge in [-0.2, -0.15) is 0 Å². The molecule has 19 heavy (non-hydrogen) atoms. The number of thioether (sulfide) groups is 1.